The van der Waals surface area contributed by atoms with Crippen LogP contribution in [0, 0.1) is 0 Å². The topological polar surface area (TPSA) is 65.0 Å². The zero-order valence-electron chi connectivity index (χ0n) is 10.9. The normalized spacial score (nSPS) is 10.8. The van der Waals surface area contributed by atoms with E-state index >= 15 is 0 Å². The third-order valence-electron chi connectivity index (χ3n) is 1.75. The van der Waals surface area contributed by atoms with Crippen LogP contribution in [0.4, 0.5) is 0 Å². The lowest BCUT2D eigenvalue weighted by atomic mass is 10.2. The fourth-order valence-electron chi connectivity index (χ4n) is 1.01. The van der Waals surface area contributed by atoms with Crippen molar-refractivity contribution in [3.8, 4) is 0 Å². The van der Waals surface area contributed by atoms with Gasteiger partial charge in [0.05, 0.1) is 13.0 Å². The zero-order valence-corrected chi connectivity index (χ0v) is 12.5. The Labute approximate surface area is 115 Å². The van der Waals surface area contributed by atoms with E-state index < -0.39 is 5.97 Å². The molecule has 0 atom stereocenters. The van der Waals surface area contributed by atoms with Crippen LogP contribution in [0.15, 0.2) is 15.5 Å². The Morgan fingerprint density at radius 3 is 2.33 bits per heavy atom. The second-order valence-corrected chi connectivity index (χ2v) is 4.89. The number of ketones is 1. The minimum Gasteiger partial charge on any atom is -0.466 e. The predicted molar refractivity (Wildman–Crippen MR) is 75.8 cm³/mol. The minimum atomic E-state index is -0.495. The monoisotopic (exact) mass is 291 g/mol. The highest BCUT2D eigenvalue weighted by Crippen LogP contribution is 2.23. The number of carbonyl (C=O) groups excluding carboxylic acids is 2. The summed E-state index contributed by atoms with van der Waals surface area (Å²) in [6.45, 7) is 1.97. The number of hydrogen-bond donors (Lipinski definition) is 0. The molecule has 0 spiro atoms. The van der Waals surface area contributed by atoms with E-state index in [1.165, 1.54) is 36.7 Å². The lowest BCUT2D eigenvalue weighted by Gasteiger charge is -2.03. The van der Waals surface area contributed by atoms with Gasteiger partial charge in [-0.05, 0) is 19.4 Å². The Morgan fingerprint density at radius 2 is 1.89 bits per heavy atom. The summed E-state index contributed by atoms with van der Waals surface area (Å²) in [5.74, 6) is -0.839. The molecule has 5 nitrogen and oxygen atoms in total. The van der Waals surface area contributed by atoms with E-state index in [0.717, 1.165) is 4.24 Å². The first-order chi connectivity index (χ1) is 8.58. The number of thioether (sulfide) groups is 2. The van der Waals surface area contributed by atoms with Crippen molar-refractivity contribution in [1.82, 2.24) is 0 Å². The molecule has 0 heterocycles. The molecule has 0 N–H and O–H groups in total. The predicted octanol–water partition coefficient (Wildman–Crippen LogP) is 2.08. The van der Waals surface area contributed by atoms with Crippen LogP contribution in [0.25, 0.3) is 0 Å². The number of nitrogens with zero attached hydrogens (tertiary/aromatic N) is 1. The molecule has 102 valence electrons. The first kappa shape index (κ1) is 17.1. The lowest BCUT2D eigenvalue weighted by Crippen LogP contribution is -2.18. The summed E-state index contributed by atoms with van der Waals surface area (Å²) in [5, 5.41) is 3.57. The van der Waals surface area contributed by atoms with E-state index in [-0.39, 0.29) is 24.5 Å². The van der Waals surface area contributed by atoms with E-state index in [4.69, 9.17) is 4.74 Å². The highest BCUT2D eigenvalue weighted by Gasteiger charge is 2.16. The van der Waals surface area contributed by atoms with Crippen molar-refractivity contribution >= 4 is 41.0 Å². The van der Waals surface area contributed by atoms with Crippen LogP contribution in [0.5, 0.6) is 0 Å². The quantitative estimate of drug-likeness (QED) is 0.295. The maximum absolute atomic E-state index is 11.9. The molecule has 0 radical (unpaired) electrons. The number of rotatable bonds is 8. The van der Waals surface area contributed by atoms with Gasteiger partial charge in [0, 0.05) is 10.3 Å². The van der Waals surface area contributed by atoms with Crippen molar-refractivity contribution in [1.29, 1.82) is 0 Å². The fourth-order valence-corrected chi connectivity index (χ4v) is 2.13. The first-order valence-electron chi connectivity index (χ1n) is 5.18. The number of carbonyl (C=O) groups is 2. The van der Waals surface area contributed by atoms with Crippen LogP contribution in [0.3, 0.4) is 0 Å². The molecule has 0 aromatic heterocycles. The molecule has 0 saturated carbocycles. The average Bonchev–Trinajstić information content (AvgIpc) is 2.35. The summed E-state index contributed by atoms with van der Waals surface area (Å²) in [6.07, 6.45) is 4.99. The SMILES string of the molecule is CCOC(=O)CC(=NOC)C(=O)C=C(SC)SC. The van der Waals surface area contributed by atoms with Crippen molar-refractivity contribution in [3.63, 3.8) is 0 Å². The maximum atomic E-state index is 11.9. The van der Waals surface area contributed by atoms with Crippen LogP contribution < -0.4 is 0 Å². The minimum absolute atomic E-state index is 0.0385. The molecule has 0 amide bonds. The van der Waals surface area contributed by atoms with Crippen molar-refractivity contribution in [3.05, 3.63) is 10.3 Å². The van der Waals surface area contributed by atoms with Crippen LogP contribution in [0.1, 0.15) is 13.3 Å². The highest BCUT2D eigenvalue weighted by atomic mass is 32.2. The van der Waals surface area contributed by atoms with Crippen molar-refractivity contribution in [2.75, 3.05) is 26.2 Å². The van der Waals surface area contributed by atoms with Gasteiger partial charge in [-0.15, -0.1) is 23.5 Å². The van der Waals surface area contributed by atoms with Crippen LogP contribution in [-0.2, 0) is 19.2 Å². The molecule has 0 rings (SSSR count). The highest BCUT2D eigenvalue weighted by molar-refractivity contribution is 8.21. The summed E-state index contributed by atoms with van der Waals surface area (Å²) in [7, 11) is 1.33. The van der Waals surface area contributed by atoms with Gasteiger partial charge in [0.15, 0.2) is 0 Å². The molecule has 0 unspecified atom stereocenters. The van der Waals surface area contributed by atoms with Gasteiger partial charge < -0.3 is 9.57 Å². The molecule has 0 fully saturated rings. The van der Waals surface area contributed by atoms with Gasteiger partial charge in [0.25, 0.3) is 0 Å². The van der Waals surface area contributed by atoms with E-state index in [9.17, 15) is 9.59 Å². The molecule has 7 heteroatoms. The number of ether oxygens (including phenoxy) is 1. The molecule has 0 aliphatic rings. The second kappa shape index (κ2) is 10.0. The number of oxime groups is 1. The summed E-state index contributed by atoms with van der Waals surface area (Å²) in [6, 6.07) is 0. The Bertz CT molecular complexity index is 347. The number of esters is 1. The Balaban J connectivity index is 4.81. The molecule has 0 aromatic carbocycles. The van der Waals surface area contributed by atoms with Crippen molar-refractivity contribution < 1.29 is 19.2 Å². The van der Waals surface area contributed by atoms with Gasteiger partial charge >= 0.3 is 5.97 Å². The largest absolute Gasteiger partial charge is 0.466 e. The van der Waals surface area contributed by atoms with Gasteiger partial charge in [-0.1, -0.05) is 5.16 Å². The van der Waals surface area contributed by atoms with Gasteiger partial charge in [0.1, 0.15) is 12.8 Å². The molecule has 0 saturated heterocycles. The second-order valence-electron chi connectivity index (χ2n) is 2.94. The summed E-state index contributed by atoms with van der Waals surface area (Å²) in [4.78, 5) is 27.8. The number of hydrogen-bond acceptors (Lipinski definition) is 7. The summed E-state index contributed by atoms with van der Waals surface area (Å²) < 4.78 is 5.61. The third kappa shape index (κ3) is 6.70. The average molecular weight is 291 g/mol. The van der Waals surface area contributed by atoms with Crippen molar-refractivity contribution in [2.45, 2.75) is 13.3 Å². The van der Waals surface area contributed by atoms with Gasteiger partial charge in [-0.3, -0.25) is 9.59 Å². The zero-order chi connectivity index (χ0) is 14.0. The molecule has 0 aromatic rings. The maximum Gasteiger partial charge on any atom is 0.312 e. The molecule has 0 bridgehead atoms. The standard InChI is InChI=1S/C11H17NO4S2/c1-5-16-10(14)6-8(12-15-2)9(13)7-11(17-3)18-4/h7H,5-6H2,1-4H3. The van der Waals surface area contributed by atoms with Crippen molar-refractivity contribution in [2.24, 2.45) is 5.16 Å². The van der Waals surface area contributed by atoms with E-state index in [1.807, 2.05) is 12.5 Å². The third-order valence-corrected chi connectivity index (χ3v) is 3.79. The van der Waals surface area contributed by atoms with E-state index in [1.54, 1.807) is 6.92 Å². The number of allylic oxidation sites excluding steroid dienone is 1. The van der Waals surface area contributed by atoms with Gasteiger partial charge in [-0.25, -0.2) is 0 Å². The first-order valence-corrected chi connectivity index (χ1v) is 7.63. The summed E-state index contributed by atoms with van der Waals surface area (Å²) in [5.41, 5.74) is 0.0385. The molecular weight excluding hydrogens is 274 g/mol. The van der Waals surface area contributed by atoms with E-state index in [0.29, 0.717) is 0 Å². The molecule has 0 aliphatic carbocycles. The van der Waals surface area contributed by atoms with E-state index in [2.05, 4.69) is 9.99 Å². The summed E-state index contributed by atoms with van der Waals surface area (Å²) >= 11 is 2.91. The van der Waals surface area contributed by atoms with Gasteiger partial charge in [0.2, 0.25) is 5.78 Å². The molecule has 0 aliphatic heterocycles. The Kier molecular flexibility index (Phi) is 9.49. The fraction of sp³-hybridized carbons (Fsp3) is 0.545. The lowest BCUT2D eigenvalue weighted by molar-refractivity contribution is -0.141. The van der Waals surface area contributed by atoms with Crippen LogP contribution >= 0.6 is 23.5 Å². The van der Waals surface area contributed by atoms with Crippen LogP contribution in [0.2, 0.25) is 0 Å². The molecular formula is C11H17NO4S2. The Morgan fingerprint density at radius 1 is 1.28 bits per heavy atom. The Hall–Kier alpha value is -0.950. The molecule has 18 heavy (non-hydrogen) atoms. The van der Waals surface area contributed by atoms with Gasteiger partial charge in [-0.2, -0.15) is 0 Å². The smallest absolute Gasteiger partial charge is 0.312 e. The van der Waals surface area contributed by atoms with Crippen LogP contribution in [-0.4, -0.2) is 43.7 Å².